The average Bonchev–Trinajstić information content (AvgIpc) is 2.71. The normalized spacial score (nSPS) is 25.0. The van der Waals surface area contributed by atoms with E-state index in [1.165, 1.54) is 44.1 Å². The summed E-state index contributed by atoms with van der Waals surface area (Å²) in [7, 11) is 0. The van der Waals surface area contributed by atoms with E-state index in [1.54, 1.807) is 0 Å². The van der Waals surface area contributed by atoms with Gasteiger partial charge in [-0.05, 0) is 55.9 Å². The van der Waals surface area contributed by atoms with E-state index in [9.17, 15) is 9.59 Å². The second kappa shape index (κ2) is 10.8. The van der Waals surface area contributed by atoms with Crippen LogP contribution < -0.4 is 0 Å². The molecule has 0 bridgehead atoms. The molecule has 0 spiro atoms. The highest BCUT2D eigenvalue weighted by atomic mass is 16.1. The largest absolute Gasteiger partial charge is 0.300 e. The van der Waals surface area contributed by atoms with Crippen LogP contribution in [-0.4, -0.2) is 11.6 Å². The quantitative estimate of drug-likeness (QED) is 0.453. The van der Waals surface area contributed by atoms with Crippen LogP contribution in [-0.2, 0) is 16.0 Å². The number of unbranched alkanes of at least 4 members (excludes halogenated alkanes) is 1. The lowest BCUT2D eigenvalue weighted by Crippen LogP contribution is -2.35. The fourth-order valence-corrected chi connectivity index (χ4v) is 5.40. The number of hydrogen-bond donors (Lipinski definition) is 0. The number of aryl methyl sites for hydroxylation is 1. The Balaban J connectivity index is 1.29. The van der Waals surface area contributed by atoms with Crippen LogP contribution in [0.25, 0.3) is 0 Å². The molecule has 0 aromatic heterocycles. The Hall–Kier alpha value is -1.44. The van der Waals surface area contributed by atoms with Crippen molar-refractivity contribution >= 4 is 11.6 Å². The summed E-state index contributed by atoms with van der Waals surface area (Å²) in [6.45, 7) is 0. The maximum Gasteiger partial charge on any atom is 0.136 e. The van der Waals surface area contributed by atoms with Crippen molar-refractivity contribution in [3.63, 3.8) is 0 Å². The van der Waals surface area contributed by atoms with Gasteiger partial charge < -0.3 is 0 Å². The third kappa shape index (κ3) is 6.30. The molecule has 3 rings (SSSR count). The zero-order valence-electron chi connectivity index (χ0n) is 16.8. The first-order chi connectivity index (χ1) is 13.2. The van der Waals surface area contributed by atoms with Gasteiger partial charge >= 0.3 is 0 Å². The predicted octanol–water partition coefficient (Wildman–Crippen LogP) is 6.31. The summed E-state index contributed by atoms with van der Waals surface area (Å²) < 4.78 is 0. The molecule has 148 valence electrons. The summed E-state index contributed by atoms with van der Waals surface area (Å²) in [4.78, 5) is 24.8. The Morgan fingerprint density at radius 2 is 1.48 bits per heavy atom. The summed E-state index contributed by atoms with van der Waals surface area (Å²) in [5.41, 5.74) is 1.31. The van der Waals surface area contributed by atoms with Crippen molar-refractivity contribution in [2.45, 2.75) is 89.9 Å². The Labute approximate surface area is 165 Å². The first-order valence-electron chi connectivity index (χ1n) is 11.3. The van der Waals surface area contributed by atoms with Gasteiger partial charge in [0.25, 0.3) is 0 Å². The third-order valence-electron chi connectivity index (χ3n) is 6.88. The molecule has 3 atom stereocenters. The smallest absolute Gasteiger partial charge is 0.136 e. The summed E-state index contributed by atoms with van der Waals surface area (Å²) in [5.74, 6) is 2.71. The highest BCUT2D eigenvalue weighted by Crippen LogP contribution is 2.44. The van der Waals surface area contributed by atoms with Crippen LogP contribution in [0.3, 0.4) is 0 Å². The third-order valence-corrected chi connectivity index (χ3v) is 6.88. The molecule has 0 N–H and O–H groups in total. The van der Waals surface area contributed by atoms with Crippen molar-refractivity contribution in [1.82, 2.24) is 0 Å². The molecular weight excluding hydrogens is 332 g/mol. The lowest BCUT2D eigenvalue weighted by atomic mass is 9.64. The predicted molar refractivity (Wildman–Crippen MR) is 111 cm³/mol. The number of Topliss-reactive ketones (excluding diaryl/α,β-unsaturated/α-hetero) is 2. The summed E-state index contributed by atoms with van der Waals surface area (Å²) in [6, 6.07) is 10.4. The number of ketones is 2. The van der Waals surface area contributed by atoms with Gasteiger partial charge in [0.1, 0.15) is 11.6 Å². The van der Waals surface area contributed by atoms with Crippen molar-refractivity contribution in [2.75, 3.05) is 0 Å². The maximum absolute atomic E-state index is 12.7. The molecule has 1 aromatic carbocycles. The fourth-order valence-electron chi connectivity index (χ4n) is 5.40. The van der Waals surface area contributed by atoms with E-state index in [1.807, 2.05) is 6.07 Å². The van der Waals surface area contributed by atoms with Gasteiger partial charge in [-0.25, -0.2) is 0 Å². The summed E-state index contributed by atoms with van der Waals surface area (Å²) in [5, 5.41) is 0. The molecule has 0 radical (unpaired) electrons. The monoisotopic (exact) mass is 368 g/mol. The van der Waals surface area contributed by atoms with E-state index in [-0.39, 0.29) is 0 Å². The molecule has 2 heteroatoms. The van der Waals surface area contributed by atoms with Gasteiger partial charge in [0.15, 0.2) is 0 Å². The average molecular weight is 369 g/mol. The Morgan fingerprint density at radius 3 is 2.33 bits per heavy atom. The lowest BCUT2D eigenvalue weighted by molar-refractivity contribution is -0.127. The first-order valence-corrected chi connectivity index (χ1v) is 11.3. The summed E-state index contributed by atoms with van der Waals surface area (Å²) >= 11 is 0. The van der Waals surface area contributed by atoms with Crippen LogP contribution in [0, 0.1) is 17.8 Å². The van der Waals surface area contributed by atoms with Crippen molar-refractivity contribution < 1.29 is 9.59 Å². The minimum Gasteiger partial charge on any atom is -0.300 e. The molecule has 2 aliphatic rings. The number of rotatable bonds is 10. The number of benzene rings is 1. The Morgan fingerprint density at radius 1 is 0.778 bits per heavy atom. The van der Waals surface area contributed by atoms with Crippen LogP contribution in [0.5, 0.6) is 0 Å². The molecule has 2 saturated carbocycles. The van der Waals surface area contributed by atoms with Crippen molar-refractivity contribution in [2.24, 2.45) is 17.8 Å². The molecule has 0 heterocycles. The molecule has 3 unspecified atom stereocenters. The van der Waals surface area contributed by atoms with Crippen molar-refractivity contribution in [1.29, 1.82) is 0 Å². The van der Waals surface area contributed by atoms with E-state index < -0.39 is 0 Å². The number of fused-ring (bicyclic) bond motifs is 1. The van der Waals surface area contributed by atoms with E-state index in [0.717, 1.165) is 38.0 Å². The molecule has 2 nitrogen and oxygen atoms in total. The fraction of sp³-hybridized carbons (Fsp3) is 0.680. The van der Waals surface area contributed by atoms with Crippen LogP contribution >= 0.6 is 0 Å². The molecular formula is C25H36O2. The van der Waals surface area contributed by atoms with Gasteiger partial charge in [-0.15, -0.1) is 0 Å². The van der Waals surface area contributed by atoms with Crippen LogP contribution in [0.1, 0.15) is 89.0 Å². The van der Waals surface area contributed by atoms with E-state index in [0.29, 0.717) is 42.7 Å². The van der Waals surface area contributed by atoms with E-state index >= 15 is 0 Å². The number of carbonyl (C=O) groups is 2. The van der Waals surface area contributed by atoms with Crippen LogP contribution in [0.2, 0.25) is 0 Å². The minimum absolute atomic E-state index is 0.339. The minimum atomic E-state index is 0.339. The Kier molecular flexibility index (Phi) is 8.10. The molecule has 0 saturated heterocycles. The second-order valence-electron chi connectivity index (χ2n) is 8.80. The van der Waals surface area contributed by atoms with Crippen molar-refractivity contribution in [3.05, 3.63) is 35.9 Å². The maximum atomic E-state index is 12.7. The zero-order chi connectivity index (χ0) is 18.9. The topological polar surface area (TPSA) is 34.1 Å². The Bertz CT molecular complexity index is 590. The molecule has 0 amide bonds. The van der Waals surface area contributed by atoms with Gasteiger partial charge in [0.2, 0.25) is 0 Å². The molecule has 27 heavy (non-hydrogen) atoms. The first kappa shape index (κ1) is 20.3. The second-order valence-corrected chi connectivity index (χ2v) is 8.80. The molecule has 2 aliphatic carbocycles. The standard InChI is InChI=1S/C25H36O2/c26-22(16-8-12-20-10-2-1-3-11-20)15-5-7-19-25(27)24-18-9-14-21-13-4-6-17-23(21)24/h1-3,10-11,21,23-24H,4-9,12-19H2. The SMILES string of the molecule is O=C(CCCCC(=O)C1CCCC2CCCCC21)CCCc1ccccc1. The van der Waals surface area contributed by atoms with E-state index in [2.05, 4.69) is 24.3 Å². The highest BCUT2D eigenvalue weighted by molar-refractivity contribution is 5.81. The van der Waals surface area contributed by atoms with Gasteiger partial charge in [0, 0.05) is 25.2 Å². The van der Waals surface area contributed by atoms with Gasteiger partial charge in [-0.3, -0.25) is 9.59 Å². The summed E-state index contributed by atoms with van der Waals surface area (Å²) in [6.07, 6.45) is 14.8. The van der Waals surface area contributed by atoms with Gasteiger partial charge in [0.05, 0.1) is 0 Å². The zero-order valence-corrected chi connectivity index (χ0v) is 16.8. The van der Waals surface area contributed by atoms with Crippen LogP contribution in [0.4, 0.5) is 0 Å². The number of hydrogen-bond acceptors (Lipinski definition) is 2. The number of carbonyl (C=O) groups excluding carboxylic acids is 2. The van der Waals surface area contributed by atoms with Gasteiger partial charge in [-0.2, -0.15) is 0 Å². The van der Waals surface area contributed by atoms with Crippen molar-refractivity contribution in [3.8, 4) is 0 Å². The van der Waals surface area contributed by atoms with Gasteiger partial charge in [-0.1, -0.05) is 62.4 Å². The lowest BCUT2D eigenvalue weighted by Gasteiger charge is -2.40. The van der Waals surface area contributed by atoms with Crippen LogP contribution in [0.15, 0.2) is 30.3 Å². The molecule has 1 aromatic rings. The molecule has 2 fully saturated rings. The highest BCUT2D eigenvalue weighted by Gasteiger charge is 2.37. The van der Waals surface area contributed by atoms with E-state index in [4.69, 9.17) is 0 Å². The molecule has 0 aliphatic heterocycles.